The van der Waals surface area contributed by atoms with E-state index in [1.807, 2.05) is 5.38 Å². The van der Waals surface area contributed by atoms with Crippen LogP contribution in [-0.2, 0) is 10.3 Å². The van der Waals surface area contributed by atoms with Crippen LogP contribution in [0.5, 0.6) is 0 Å². The normalized spacial score (nSPS) is 21.0. The van der Waals surface area contributed by atoms with E-state index in [0.717, 1.165) is 12.8 Å². The molecule has 1 saturated carbocycles. The minimum absolute atomic E-state index is 0.300. The third-order valence-corrected chi connectivity index (χ3v) is 4.38. The Morgan fingerprint density at radius 2 is 2.24 bits per heavy atom. The molecule has 0 spiro atoms. The molecule has 94 valence electrons. The third-order valence-electron chi connectivity index (χ3n) is 3.39. The van der Waals surface area contributed by atoms with Gasteiger partial charge in [-0.2, -0.15) is 0 Å². The van der Waals surface area contributed by atoms with Crippen LogP contribution >= 0.6 is 11.3 Å². The fourth-order valence-electron chi connectivity index (χ4n) is 2.34. The third kappa shape index (κ3) is 2.66. The molecule has 1 aromatic rings. The minimum Gasteiger partial charge on any atom is -0.480 e. The van der Waals surface area contributed by atoms with Crippen LogP contribution in [0.25, 0.3) is 0 Å². The smallest absolute Gasteiger partial charge is 0.330 e. The predicted octanol–water partition coefficient (Wildman–Crippen LogP) is 2.37. The van der Waals surface area contributed by atoms with E-state index in [1.165, 1.54) is 30.6 Å². The first-order valence-electron chi connectivity index (χ1n) is 6.04. The maximum absolute atomic E-state index is 11.5. The number of nitrogens with zero attached hydrogens (tertiary/aromatic N) is 1. The van der Waals surface area contributed by atoms with Crippen LogP contribution in [0.15, 0.2) is 11.6 Å². The van der Waals surface area contributed by atoms with Gasteiger partial charge in [0.1, 0.15) is 5.01 Å². The van der Waals surface area contributed by atoms with E-state index < -0.39 is 11.5 Å². The lowest BCUT2D eigenvalue weighted by molar-refractivity contribution is -0.145. The topological polar surface area (TPSA) is 62.2 Å². The number of thiazole rings is 1. The Balaban J connectivity index is 2.14. The second-order valence-electron chi connectivity index (χ2n) is 4.75. The summed E-state index contributed by atoms with van der Waals surface area (Å²) in [4.78, 5) is 15.6. The summed E-state index contributed by atoms with van der Waals surface area (Å²) in [6, 6.07) is 0.300. The highest BCUT2D eigenvalue weighted by molar-refractivity contribution is 7.09. The summed E-state index contributed by atoms with van der Waals surface area (Å²) in [7, 11) is 0. The minimum atomic E-state index is -1.05. The Labute approximate surface area is 105 Å². The number of carboxylic acids is 1. The number of rotatable bonds is 4. The molecule has 0 amide bonds. The Bertz CT molecular complexity index is 374. The summed E-state index contributed by atoms with van der Waals surface area (Å²) >= 11 is 1.39. The molecule has 2 N–H and O–H groups in total. The zero-order valence-electron chi connectivity index (χ0n) is 9.98. The molecule has 0 saturated heterocycles. The standard InChI is InChI=1S/C12H18N2O2S/c1-12(11(15)16,10-13-7-8-17-10)14-9-5-3-2-4-6-9/h7-9,14H,2-6H2,1H3,(H,15,16). The second kappa shape index (κ2) is 5.14. The van der Waals surface area contributed by atoms with Gasteiger partial charge in [0.2, 0.25) is 0 Å². The molecule has 1 aliphatic rings. The van der Waals surface area contributed by atoms with Gasteiger partial charge in [0, 0.05) is 17.6 Å². The van der Waals surface area contributed by atoms with E-state index in [9.17, 15) is 9.90 Å². The first-order chi connectivity index (χ1) is 8.13. The molecule has 1 heterocycles. The molecule has 17 heavy (non-hydrogen) atoms. The van der Waals surface area contributed by atoms with E-state index in [2.05, 4.69) is 10.3 Å². The number of carboxylic acid groups (broad SMARTS) is 1. The van der Waals surface area contributed by atoms with Gasteiger partial charge >= 0.3 is 5.97 Å². The van der Waals surface area contributed by atoms with Gasteiger partial charge in [-0.05, 0) is 19.8 Å². The highest BCUT2D eigenvalue weighted by atomic mass is 32.1. The maximum atomic E-state index is 11.5. The van der Waals surface area contributed by atoms with Gasteiger partial charge in [0.05, 0.1) is 0 Å². The SMILES string of the molecule is CC(NC1CCCCC1)(C(=O)O)c1nccs1. The number of hydrogen-bond acceptors (Lipinski definition) is 4. The van der Waals surface area contributed by atoms with Crippen LogP contribution in [-0.4, -0.2) is 22.1 Å². The van der Waals surface area contributed by atoms with Crippen LogP contribution in [0.1, 0.15) is 44.0 Å². The zero-order chi connectivity index (χ0) is 12.3. The summed E-state index contributed by atoms with van der Waals surface area (Å²) in [6.07, 6.45) is 7.42. The van der Waals surface area contributed by atoms with E-state index in [1.54, 1.807) is 13.1 Å². The van der Waals surface area contributed by atoms with E-state index >= 15 is 0 Å². The molecule has 1 aromatic heterocycles. The van der Waals surface area contributed by atoms with Crippen LogP contribution in [0.3, 0.4) is 0 Å². The zero-order valence-corrected chi connectivity index (χ0v) is 10.8. The van der Waals surface area contributed by atoms with Gasteiger partial charge < -0.3 is 5.11 Å². The first kappa shape index (κ1) is 12.5. The molecular weight excluding hydrogens is 236 g/mol. The number of nitrogens with one attached hydrogen (secondary N) is 1. The largest absolute Gasteiger partial charge is 0.480 e. The number of carbonyl (C=O) groups is 1. The highest BCUT2D eigenvalue weighted by Gasteiger charge is 2.39. The summed E-state index contributed by atoms with van der Waals surface area (Å²) in [6.45, 7) is 1.71. The first-order valence-corrected chi connectivity index (χ1v) is 6.92. The van der Waals surface area contributed by atoms with Crippen molar-refractivity contribution < 1.29 is 9.90 Å². The lowest BCUT2D eigenvalue weighted by Crippen LogP contribution is -2.51. The molecule has 1 aliphatic carbocycles. The van der Waals surface area contributed by atoms with Crippen molar-refractivity contribution in [2.24, 2.45) is 0 Å². The van der Waals surface area contributed by atoms with Crippen molar-refractivity contribution in [2.75, 3.05) is 0 Å². The van der Waals surface area contributed by atoms with Gasteiger partial charge in [-0.1, -0.05) is 19.3 Å². The summed E-state index contributed by atoms with van der Waals surface area (Å²) in [5.74, 6) is -0.849. The van der Waals surface area contributed by atoms with Gasteiger partial charge in [-0.15, -0.1) is 11.3 Å². The molecule has 0 aromatic carbocycles. The average Bonchev–Trinajstić information content (AvgIpc) is 2.84. The summed E-state index contributed by atoms with van der Waals surface area (Å²) < 4.78 is 0. The van der Waals surface area contributed by atoms with Crippen molar-refractivity contribution in [3.05, 3.63) is 16.6 Å². The van der Waals surface area contributed by atoms with E-state index in [-0.39, 0.29) is 0 Å². The van der Waals surface area contributed by atoms with E-state index in [4.69, 9.17) is 0 Å². The Kier molecular flexibility index (Phi) is 3.79. The number of aromatic nitrogens is 1. The molecule has 0 aliphatic heterocycles. The van der Waals surface area contributed by atoms with Gasteiger partial charge in [0.25, 0.3) is 0 Å². The van der Waals surface area contributed by atoms with Crippen molar-refractivity contribution in [2.45, 2.75) is 50.6 Å². The monoisotopic (exact) mass is 254 g/mol. The fourth-order valence-corrected chi connectivity index (χ4v) is 3.09. The quantitative estimate of drug-likeness (QED) is 0.866. The summed E-state index contributed by atoms with van der Waals surface area (Å²) in [5.41, 5.74) is -1.05. The van der Waals surface area contributed by atoms with Crippen LogP contribution < -0.4 is 5.32 Å². The fraction of sp³-hybridized carbons (Fsp3) is 0.667. The average molecular weight is 254 g/mol. The predicted molar refractivity (Wildman–Crippen MR) is 67.1 cm³/mol. The van der Waals surface area contributed by atoms with Crippen molar-refractivity contribution in [3.8, 4) is 0 Å². The van der Waals surface area contributed by atoms with Crippen LogP contribution in [0.4, 0.5) is 0 Å². The molecule has 1 fully saturated rings. The van der Waals surface area contributed by atoms with Crippen molar-refractivity contribution in [3.63, 3.8) is 0 Å². The Morgan fingerprint density at radius 3 is 2.76 bits per heavy atom. The molecule has 0 bridgehead atoms. The number of hydrogen-bond donors (Lipinski definition) is 2. The van der Waals surface area contributed by atoms with Gasteiger partial charge in [-0.3, -0.25) is 5.32 Å². The van der Waals surface area contributed by atoms with Gasteiger partial charge in [-0.25, -0.2) is 9.78 Å². The maximum Gasteiger partial charge on any atom is 0.330 e. The van der Waals surface area contributed by atoms with Crippen LogP contribution in [0.2, 0.25) is 0 Å². The lowest BCUT2D eigenvalue weighted by Gasteiger charge is -2.32. The summed E-state index contributed by atoms with van der Waals surface area (Å²) in [5, 5.41) is 15.2. The highest BCUT2D eigenvalue weighted by Crippen LogP contribution is 2.27. The molecule has 1 unspecified atom stereocenters. The molecular formula is C12H18N2O2S. The van der Waals surface area contributed by atoms with E-state index in [0.29, 0.717) is 11.0 Å². The molecule has 5 heteroatoms. The van der Waals surface area contributed by atoms with Gasteiger partial charge in [0.15, 0.2) is 5.54 Å². The molecule has 1 atom stereocenters. The second-order valence-corrected chi connectivity index (χ2v) is 5.64. The Morgan fingerprint density at radius 1 is 1.53 bits per heavy atom. The Hall–Kier alpha value is -0.940. The molecule has 0 radical (unpaired) electrons. The van der Waals surface area contributed by atoms with Crippen molar-refractivity contribution >= 4 is 17.3 Å². The van der Waals surface area contributed by atoms with Crippen LogP contribution in [0, 0.1) is 0 Å². The molecule has 4 nitrogen and oxygen atoms in total. The van der Waals surface area contributed by atoms with Crippen molar-refractivity contribution in [1.29, 1.82) is 0 Å². The lowest BCUT2D eigenvalue weighted by atomic mass is 9.92. The number of aliphatic carboxylic acids is 1. The van der Waals surface area contributed by atoms with Crippen molar-refractivity contribution in [1.82, 2.24) is 10.3 Å². The molecule has 2 rings (SSSR count).